The Morgan fingerprint density at radius 2 is 1.79 bits per heavy atom. The fraction of sp³-hybridized carbons (Fsp3) is 0.205. The minimum Gasteiger partial charge on any atom is -0.497 e. The molecule has 0 aliphatic heterocycles. The van der Waals surface area contributed by atoms with Crippen molar-refractivity contribution in [2.45, 2.75) is 53.7 Å². The molecule has 1 heterocycles. The summed E-state index contributed by atoms with van der Waals surface area (Å²) < 4.78 is 20.1. The summed E-state index contributed by atoms with van der Waals surface area (Å²) in [6.07, 6.45) is 14.7. The number of aromatic nitrogens is 1. The molecule has 1 fully saturated rings. The third-order valence-electron chi connectivity index (χ3n) is 9.10. The maximum Gasteiger partial charge on any atom is 0.124 e. The van der Waals surface area contributed by atoms with E-state index in [0.29, 0.717) is 5.92 Å². The van der Waals surface area contributed by atoms with Crippen molar-refractivity contribution in [3.63, 3.8) is 0 Å². The standard InChI is InChI=1S/C39H32FNOS/c1-42-28-15-17-29(18-16-28)43-39-34(38(25-10-11-25)41-37-21-14-27(40)23-36(37)39)20-13-26-22-35-30-7-3-2-6-24(30)12-19-33(35)32-9-5-4-8-31(26)32/h2,4-6,8-9,12-21,23,25-26H,3,7,10-11,22H2,1H3/b20-13+. The third kappa shape index (κ3) is 4.88. The maximum atomic E-state index is 14.7. The molecule has 8 rings (SSSR count). The number of hydrogen-bond donors (Lipinski definition) is 0. The molecule has 5 aromatic rings. The Kier molecular flexibility index (Phi) is 6.68. The number of ether oxygens (including phenoxy) is 1. The largest absolute Gasteiger partial charge is 0.497 e. The lowest BCUT2D eigenvalue weighted by Gasteiger charge is -2.29. The Morgan fingerprint density at radius 1 is 0.930 bits per heavy atom. The number of nitrogens with zero attached hydrogens (tertiary/aromatic N) is 1. The van der Waals surface area contributed by atoms with Gasteiger partial charge in [-0.2, -0.15) is 0 Å². The molecular formula is C39H32FNOS. The lowest BCUT2D eigenvalue weighted by Crippen LogP contribution is -2.13. The number of methoxy groups -OCH3 is 1. The van der Waals surface area contributed by atoms with Crippen LogP contribution in [-0.4, -0.2) is 12.1 Å². The van der Waals surface area contributed by atoms with Crippen molar-refractivity contribution in [3.05, 3.63) is 130 Å². The van der Waals surface area contributed by atoms with Crippen LogP contribution in [0.2, 0.25) is 0 Å². The van der Waals surface area contributed by atoms with Gasteiger partial charge >= 0.3 is 0 Å². The van der Waals surface area contributed by atoms with E-state index in [2.05, 4.69) is 72.8 Å². The Labute approximate surface area is 256 Å². The molecule has 0 spiro atoms. The molecule has 4 aromatic carbocycles. The number of rotatable bonds is 6. The molecule has 1 unspecified atom stereocenters. The average Bonchev–Trinajstić information content (AvgIpc) is 3.90. The van der Waals surface area contributed by atoms with Crippen molar-refractivity contribution in [1.82, 2.24) is 4.98 Å². The first-order valence-electron chi connectivity index (χ1n) is 15.2. The SMILES string of the molecule is COc1ccc(Sc2c(/C=C/C3Cc4c(ccc5c4CCC=C5)-c4ccccc43)c(C3CC3)nc3ccc(F)cc23)cc1. The molecule has 0 amide bonds. The van der Waals surface area contributed by atoms with Gasteiger partial charge in [0, 0.05) is 32.6 Å². The first-order chi connectivity index (χ1) is 21.2. The zero-order chi connectivity index (χ0) is 28.9. The van der Waals surface area contributed by atoms with Crippen molar-refractivity contribution < 1.29 is 9.13 Å². The van der Waals surface area contributed by atoms with Gasteiger partial charge in [0.1, 0.15) is 11.6 Å². The maximum absolute atomic E-state index is 14.7. The zero-order valence-corrected chi connectivity index (χ0v) is 25.0. The van der Waals surface area contributed by atoms with E-state index in [-0.39, 0.29) is 11.7 Å². The Bertz CT molecular complexity index is 1940. The third-order valence-corrected chi connectivity index (χ3v) is 10.3. The van der Waals surface area contributed by atoms with Crippen LogP contribution in [-0.2, 0) is 12.8 Å². The van der Waals surface area contributed by atoms with Gasteiger partial charge in [-0.15, -0.1) is 0 Å². The molecule has 3 aliphatic carbocycles. The van der Waals surface area contributed by atoms with Crippen molar-refractivity contribution in [2.75, 3.05) is 7.11 Å². The first-order valence-corrected chi connectivity index (χ1v) is 16.0. The van der Waals surface area contributed by atoms with Gasteiger partial charge in [0.15, 0.2) is 0 Å². The van der Waals surface area contributed by atoms with E-state index in [9.17, 15) is 4.39 Å². The lowest BCUT2D eigenvalue weighted by molar-refractivity contribution is 0.414. The molecule has 0 radical (unpaired) electrons. The topological polar surface area (TPSA) is 22.1 Å². The molecule has 1 atom stereocenters. The van der Waals surface area contributed by atoms with Crippen molar-refractivity contribution in [1.29, 1.82) is 0 Å². The van der Waals surface area contributed by atoms with Gasteiger partial charge in [-0.05, 0) is 108 Å². The average molecular weight is 582 g/mol. The minimum atomic E-state index is -0.239. The molecule has 0 saturated heterocycles. The quantitative estimate of drug-likeness (QED) is 0.199. The van der Waals surface area contributed by atoms with Gasteiger partial charge in [-0.3, -0.25) is 4.98 Å². The first kappa shape index (κ1) is 26.5. The molecule has 4 heteroatoms. The summed E-state index contributed by atoms with van der Waals surface area (Å²) in [4.78, 5) is 7.31. The summed E-state index contributed by atoms with van der Waals surface area (Å²) >= 11 is 1.69. The Hall–Kier alpha value is -4.15. The molecule has 43 heavy (non-hydrogen) atoms. The Balaban J connectivity index is 1.27. The van der Waals surface area contributed by atoms with Gasteiger partial charge in [0.2, 0.25) is 0 Å². The van der Waals surface area contributed by atoms with Crippen molar-refractivity contribution in [3.8, 4) is 16.9 Å². The number of benzene rings is 4. The second-order valence-electron chi connectivity index (χ2n) is 11.8. The van der Waals surface area contributed by atoms with E-state index in [0.717, 1.165) is 69.8 Å². The van der Waals surface area contributed by atoms with Crippen LogP contribution >= 0.6 is 11.8 Å². The monoisotopic (exact) mass is 581 g/mol. The minimum absolute atomic E-state index is 0.239. The predicted octanol–water partition coefficient (Wildman–Crippen LogP) is 10.4. The highest BCUT2D eigenvalue weighted by Gasteiger charge is 2.31. The van der Waals surface area contributed by atoms with E-state index in [1.54, 1.807) is 24.9 Å². The number of allylic oxidation sites excluding steroid dienone is 2. The van der Waals surface area contributed by atoms with Crippen LogP contribution < -0.4 is 4.74 Å². The van der Waals surface area contributed by atoms with Gasteiger partial charge in [0.05, 0.1) is 18.3 Å². The summed E-state index contributed by atoms with van der Waals surface area (Å²) in [6.45, 7) is 0. The summed E-state index contributed by atoms with van der Waals surface area (Å²) in [5.41, 5.74) is 11.6. The normalized spacial score (nSPS) is 17.1. The number of halogens is 1. The van der Waals surface area contributed by atoms with Crippen LogP contribution in [0, 0.1) is 5.82 Å². The molecule has 0 bridgehead atoms. The van der Waals surface area contributed by atoms with E-state index in [4.69, 9.17) is 9.72 Å². The van der Waals surface area contributed by atoms with E-state index in [1.165, 1.54) is 39.4 Å². The van der Waals surface area contributed by atoms with E-state index >= 15 is 0 Å². The van der Waals surface area contributed by atoms with Gasteiger partial charge in [-0.1, -0.05) is 72.5 Å². The van der Waals surface area contributed by atoms with Crippen LogP contribution in [0.15, 0.2) is 101 Å². The van der Waals surface area contributed by atoms with Gasteiger partial charge in [-0.25, -0.2) is 4.39 Å². The molecular weight excluding hydrogens is 550 g/mol. The lowest BCUT2D eigenvalue weighted by atomic mass is 9.74. The van der Waals surface area contributed by atoms with E-state index in [1.807, 2.05) is 18.2 Å². The van der Waals surface area contributed by atoms with Crippen LogP contribution in [0.1, 0.15) is 64.6 Å². The summed E-state index contributed by atoms with van der Waals surface area (Å²) in [7, 11) is 1.68. The molecule has 1 aromatic heterocycles. The smallest absolute Gasteiger partial charge is 0.124 e. The molecule has 1 saturated carbocycles. The number of fused-ring (bicyclic) bond motifs is 6. The van der Waals surface area contributed by atoms with Crippen LogP contribution in [0.5, 0.6) is 5.75 Å². The second kappa shape index (κ2) is 10.8. The highest BCUT2D eigenvalue weighted by Crippen LogP contribution is 2.48. The van der Waals surface area contributed by atoms with Crippen LogP contribution in [0.25, 0.3) is 34.2 Å². The second-order valence-corrected chi connectivity index (χ2v) is 12.9. The summed E-state index contributed by atoms with van der Waals surface area (Å²) in [6, 6.07) is 26.6. The predicted molar refractivity (Wildman–Crippen MR) is 176 cm³/mol. The van der Waals surface area contributed by atoms with Gasteiger partial charge < -0.3 is 4.74 Å². The Morgan fingerprint density at radius 3 is 2.63 bits per heavy atom. The van der Waals surface area contributed by atoms with Crippen LogP contribution in [0.3, 0.4) is 0 Å². The molecule has 0 N–H and O–H groups in total. The number of pyridine rings is 1. The molecule has 3 aliphatic rings. The highest BCUT2D eigenvalue weighted by molar-refractivity contribution is 7.99. The number of hydrogen-bond acceptors (Lipinski definition) is 3. The van der Waals surface area contributed by atoms with Crippen LogP contribution in [0.4, 0.5) is 4.39 Å². The van der Waals surface area contributed by atoms with Gasteiger partial charge in [0.25, 0.3) is 0 Å². The fourth-order valence-electron chi connectivity index (χ4n) is 6.81. The summed E-state index contributed by atoms with van der Waals surface area (Å²) in [5.74, 6) is 1.28. The van der Waals surface area contributed by atoms with Crippen molar-refractivity contribution >= 4 is 34.8 Å². The van der Waals surface area contributed by atoms with E-state index < -0.39 is 0 Å². The zero-order valence-electron chi connectivity index (χ0n) is 24.1. The summed E-state index contributed by atoms with van der Waals surface area (Å²) in [5, 5.41) is 0.861. The van der Waals surface area contributed by atoms with Crippen molar-refractivity contribution in [2.24, 2.45) is 0 Å². The molecule has 2 nitrogen and oxygen atoms in total. The highest BCUT2D eigenvalue weighted by atomic mass is 32.2. The molecule has 212 valence electrons. The fourth-order valence-corrected chi connectivity index (χ4v) is 7.87.